The lowest BCUT2D eigenvalue weighted by Crippen LogP contribution is -2.35. The standard InChI is InChI=1S/C6H11ClS/c1-6(2,7)5-3-8-4-5/h5H,3-4H2,1-2H3. The third-order valence-electron chi connectivity index (χ3n) is 1.61. The van der Waals surface area contributed by atoms with Gasteiger partial charge in [0.1, 0.15) is 0 Å². The Kier molecular flexibility index (Phi) is 1.78. The highest BCUT2D eigenvalue weighted by Gasteiger charge is 2.32. The van der Waals surface area contributed by atoms with E-state index in [4.69, 9.17) is 11.6 Å². The van der Waals surface area contributed by atoms with Crippen LogP contribution in [0.25, 0.3) is 0 Å². The molecule has 0 aromatic carbocycles. The lowest BCUT2D eigenvalue weighted by Gasteiger charge is -2.34. The quantitative estimate of drug-likeness (QED) is 0.518. The van der Waals surface area contributed by atoms with Crippen LogP contribution < -0.4 is 0 Å². The first-order valence-electron chi connectivity index (χ1n) is 2.87. The lowest BCUT2D eigenvalue weighted by atomic mass is 9.98. The van der Waals surface area contributed by atoms with Gasteiger partial charge in [0.2, 0.25) is 0 Å². The molecule has 1 aliphatic heterocycles. The van der Waals surface area contributed by atoms with Crippen molar-refractivity contribution >= 4 is 23.4 Å². The minimum Gasteiger partial charge on any atom is -0.161 e. The summed E-state index contributed by atoms with van der Waals surface area (Å²) in [4.78, 5) is 0.0469. The molecule has 48 valence electrons. The predicted molar refractivity (Wildman–Crippen MR) is 40.7 cm³/mol. The molecule has 1 aliphatic rings. The Labute approximate surface area is 60.0 Å². The summed E-state index contributed by atoms with van der Waals surface area (Å²) in [6, 6.07) is 0. The first kappa shape index (κ1) is 6.76. The van der Waals surface area contributed by atoms with E-state index < -0.39 is 0 Å². The van der Waals surface area contributed by atoms with Crippen LogP contribution in [0.5, 0.6) is 0 Å². The third kappa shape index (κ3) is 1.32. The fraction of sp³-hybridized carbons (Fsp3) is 1.00. The van der Waals surface area contributed by atoms with Gasteiger partial charge in [0, 0.05) is 4.87 Å². The molecule has 1 heterocycles. The van der Waals surface area contributed by atoms with E-state index in [-0.39, 0.29) is 4.87 Å². The summed E-state index contributed by atoms with van der Waals surface area (Å²) in [5, 5.41) is 0. The Morgan fingerprint density at radius 1 is 1.50 bits per heavy atom. The van der Waals surface area contributed by atoms with E-state index in [9.17, 15) is 0 Å². The first-order chi connectivity index (χ1) is 3.61. The van der Waals surface area contributed by atoms with Gasteiger partial charge in [-0.25, -0.2) is 0 Å². The summed E-state index contributed by atoms with van der Waals surface area (Å²) < 4.78 is 0. The number of halogens is 1. The molecule has 0 N–H and O–H groups in total. The summed E-state index contributed by atoms with van der Waals surface area (Å²) in [5.41, 5.74) is 0. The second-order valence-corrected chi connectivity index (χ2v) is 4.85. The highest BCUT2D eigenvalue weighted by atomic mass is 35.5. The molecule has 8 heavy (non-hydrogen) atoms. The zero-order chi connectivity index (χ0) is 6.20. The maximum atomic E-state index is 6.02. The highest BCUT2D eigenvalue weighted by molar-refractivity contribution is 8.00. The fourth-order valence-corrected chi connectivity index (χ4v) is 2.27. The van der Waals surface area contributed by atoms with Gasteiger partial charge in [-0.05, 0) is 31.3 Å². The van der Waals surface area contributed by atoms with Crippen molar-refractivity contribution in [2.45, 2.75) is 18.7 Å². The number of rotatable bonds is 1. The van der Waals surface area contributed by atoms with E-state index in [1.54, 1.807) is 0 Å². The number of alkyl halides is 1. The molecule has 0 amide bonds. The Balaban J connectivity index is 2.34. The number of thioether (sulfide) groups is 1. The molecule has 0 radical (unpaired) electrons. The monoisotopic (exact) mass is 150 g/mol. The Morgan fingerprint density at radius 3 is 2.00 bits per heavy atom. The van der Waals surface area contributed by atoms with Crippen molar-refractivity contribution in [3.63, 3.8) is 0 Å². The Bertz CT molecular complexity index is 81.0. The van der Waals surface area contributed by atoms with E-state index >= 15 is 0 Å². The van der Waals surface area contributed by atoms with Crippen molar-refractivity contribution in [3.05, 3.63) is 0 Å². The molecule has 1 rings (SSSR count). The van der Waals surface area contributed by atoms with Gasteiger partial charge in [0.05, 0.1) is 0 Å². The minimum absolute atomic E-state index is 0.0469. The molecule has 0 atom stereocenters. The normalized spacial score (nSPS) is 22.9. The molecule has 0 bridgehead atoms. The Morgan fingerprint density at radius 2 is 2.00 bits per heavy atom. The zero-order valence-electron chi connectivity index (χ0n) is 5.28. The average molecular weight is 151 g/mol. The van der Waals surface area contributed by atoms with E-state index in [2.05, 4.69) is 13.8 Å². The lowest BCUT2D eigenvalue weighted by molar-refractivity contribution is 0.488. The van der Waals surface area contributed by atoms with Crippen molar-refractivity contribution in [3.8, 4) is 0 Å². The van der Waals surface area contributed by atoms with Gasteiger partial charge in [-0.15, -0.1) is 11.6 Å². The van der Waals surface area contributed by atoms with Crippen molar-refractivity contribution in [2.75, 3.05) is 11.5 Å². The molecular formula is C6H11ClS. The van der Waals surface area contributed by atoms with Crippen LogP contribution in [-0.2, 0) is 0 Å². The summed E-state index contributed by atoms with van der Waals surface area (Å²) in [5.74, 6) is 3.28. The van der Waals surface area contributed by atoms with Crippen LogP contribution in [0.2, 0.25) is 0 Å². The SMILES string of the molecule is CC(C)(Cl)C1CSC1. The first-order valence-corrected chi connectivity index (χ1v) is 4.40. The van der Waals surface area contributed by atoms with E-state index in [0.717, 1.165) is 5.92 Å². The van der Waals surface area contributed by atoms with Crippen LogP contribution in [0.4, 0.5) is 0 Å². The van der Waals surface area contributed by atoms with Crippen molar-refractivity contribution in [2.24, 2.45) is 5.92 Å². The van der Waals surface area contributed by atoms with Crippen molar-refractivity contribution in [1.82, 2.24) is 0 Å². The van der Waals surface area contributed by atoms with Gasteiger partial charge in [-0.3, -0.25) is 0 Å². The van der Waals surface area contributed by atoms with Crippen molar-refractivity contribution < 1.29 is 0 Å². The highest BCUT2D eigenvalue weighted by Crippen LogP contribution is 2.37. The molecule has 0 spiro atoms. The second kappa shape index (κ2) is 2.11. The van der Waals surface area contributed by atoms with Gasteiger partial charge in [0.25, 0.3) is 0 Å². The molecule has 1 saturated heterocycles. The van der Waals surface area contributed by atoms with Gasteiger partial charge < -0.3 is 0 Å². The zero-order valence-corrected chi connectivity index (χ0v) is 6.85. The topological polar surface area (TPSA) is 0 Å². The molecule has 0 saturated carbocycles. The van der Waals surface area contributed by atoms with E-state index in [0.29, 0.717) is 0 Å². The minimum atomic E-state index is 0.0469. The smallest absolute Gasteiger partial charge is 0.0434 e. The summed E-state index contributed by atoms with van der Waals surface area (Å²) >= 11 is 8.01. The molecular weight excluding hydrogens is 140 g/mol. The van der Waals surface area contributed by atoms with Gasteiger partial charge >= 0.3 is 0 Å². The van der Waals surface area contributed by atoms with Crippen LogP contribution in [0, 0.1) is 5.92 Å². The summed E-state index contributed by atoms with van der Waals surface area (Å²) in [6.45, 7) is 4.19. The predicted octanol–water partition coefficient (Wildman–Crippen LogP) is 2.37. The molecule has 0 aromatic rings. The largest absolute Gasteiger partial charge is 0.161 e. The third-order valence-corrected chi connectivity index (χ3v) is 3.19. The van der Waals surface area contributed by atoms with Gasteiger partial charge in [-0.1, -0.05) is 0 Å². The molecule has 0 nitrogen and oxygen atoms in total. The summed E-state index contributed by atoms with van der Waals surface area (Å²) in [6.07, 6.45) is 0. The second-order valence-electron chi connectivity index (χ2n) is 2.80. The van der Waals surface area contributed by atoms with E-state index in [1.165, 1.54) is 11.5 Å². The summed E-state index contributed by atoms with van der Waals surface area (Å²) in [7, 11) is 0. The van der Waals surface area contributed by atoms with Crippen LogP contribution in [0.1, 0.15) is 13.8 Å². The van der Waals surface area contributed by atoms with Gasteiger partial charge in [0.15, 0.2) is 0 Å². The number of hydrogen-bond acceptors (Lipinski definition) is 1. The maximum Gasteiger partial charge on any atom is 0.0434 e. The molecule has 2 heteroatoms. The molecule has 0 unspecified atom stereocenters. The number of hydrogen-bond donors (Lipinski definition) is 0. The fourth-order valence-electron chi connectivity index (χ4n) is 0.632. The van der Waals surface area contributed by atoms with Crippen LogP contribution in [-0.4, -0.2) is 16.4 Å². The van der Waals surface area contributed by atoms with Gasteiger partial charge in [-0.2, -0.15) is 11.8 Å². The molecule has 0 aromatic heterocycles. The van der Waals surface area contributed by atoms with Crippen LogP contribution in [0.3, 0.4) is 0 Å². The van der Waals surface area contributed by atoms with E-state index in [1.807, 2.05) is 11.8 Å². The maximum absolute atomic E-state index is 6.02. The van der Waals surface area contributed by atoms with Crippen LogP contribution >= 0.6 is 23.4 Å². The Hall–Kier alpha value is 0.640. The average Bonchev–Trinajstić information content (AvgIpc) is 1.16. The van der Waals surface area contributed by atoms with Crippen molar-refractivity contribution in [1.29, 1.82) is 0 Å². The van der Waals surface area contributed by atoms with Crippen LogP contribution in [0.15, 0.2) is 0 Å². The molecule has 0 aliphatic carbocycles. The molecule has 1 fully saturated rings.